The van der Waals surface area contributed by atoms with Crippen molar-refractivity contribution in [2.24, 2.45) is 0 Å². The minimum absolute atomic E-state index is 0.0205. The van der Waals surface area contributed by atoms with E-state index in [-0.39, 0.29) is 17.1 Å². The number of carbonyl (C=O) groups excluding carboxylic acids is 1. The van der Waals surface area contributed by atoms with Gasteiger partial charge in [-0.15, -0.1) is 0 Å². The number of benzene rings is 2. The lowest BCUT2D eigenvalue weighted by atomic mass is 10.1. The van der Waals surface area contributed by atoms with Crippen LogP contribution >= 0.6 is 27.3 Å². The highest BCUT2D eigenvalue weighted by molar-refractivity contribution is 9.10. The normalized spacial score (nSPS) is 11.7. The second kappa shape index (κ2) is 7.06. The zero-order valence-electron chi connectivity index (χ0n) is 13.9. The number of amides is 1. The topological polar surface area (TPSA) is 55.1 Å². The molecule has 0 unspecified atom stereocenters. The molecule has 28 heavy (non-hydrogen) atoms. The van der Waals surface area contributed by atoms with Crippen LogP contribution in [-0.2, 0) is 6.18 Å². The van der Waals surface area contributed by atoms with E-state index >= 15 is 0 Å². The van der Waals surface area contributed by atoms with Crippen molar-refractivity contribution in [3.8, 4) is 11.3 Å². The number of thiazole rings is 1. The van der Waals surface area contributed by atoms with E-state index in [9.17, 15) is 18.0 Å². The molecule has 2 aromatic heterocycles. The molecule has 0 aliphatic heterocycles. The third kappa shape index (κ3) is 3.81. The molecule has 0 radical (unpaired) electrons. The van der Waals surface area contributed by atoms with Crippen LogP contribution in [0.4, 0.5) is 18.3 Å². The summed E-state index contributed by atoms with van der Waals surface area (Å²) in [6.07, 6.45) is -4.45. The molecule has 1 N–H and O–H groups in total. The monoisotopic (exact) mass is 466 g/mol. The Balaban J connectivity index is 1.56. The lowest BCUT2D eigenvalue weighted by molar-refractivity contribution is -0.137. The van der Waals surface area contributed by atoms with Gasteiger partial charge in [0.1, 0.15) is 5.76 Å². The largest absolute Gasteiger partial charge is 0.451 e. The summed E-state index contributed by atoms with van der Waals surface area (Å²) >= 11 is 4.68. The highest BCUT2D eigenvalue weighted by Gasteiger charge is 2.30. The minimum atomic E-state index is -4.45. The number of hydrogen-bond donors (Lipinski definition) is 1. The number of aromatic nitrogens is 1. The molecule has 0 aliphatic carbocycles. The first kappa shape index (κ1) is 18.7. The van der Waals surface area contributed by atoms with Gasteiger partial charge in [-0.3, -0.25) is 10.1 Å². The molecule has 4 nitrogen and oxygen atoms in total. The summed E-state index contributed by atoms with van der Waals surface area (Å²) in [5, 5.41) is 3.05. The molecule has 0 atom stereocenters. The lowest BCUT2D eigenvalue weighted by Crippen LogP contribution is -2.10. The standard InChI is InChI=1S/C19H10BrF3N2O2S/c20-12-4-5-13-16(9-12)28-18(24-13)25-17(26)15-7-6-14(27-15)10-2-1-3-11(8-10)19(21,22)23/h1-9H,(H,24,25,26). The summed E-state index contributed by atoms with van der Waals surface area (Å²) in [5.74, 6) is -0.381. The highest BCUT2D eigenvalue weighted by atomic mass is 79.9. The van der Waals surface area contributed by atoms with Crippen molar-refractivity contribution in [3.05, 3.63) is 70.4 Å². The van der Waals surface area contributed by atoms with Gasteiger partial charge in [-0.05, 0) is 42.5 Å². The van der Waals surface area contributed by atoms with Crippen LogP contribution < -0.4 is 5.32 Å². The third-order valence-corrected chi connectivity index (χ3v) is 5.30. The van der Waals surface area contributed by atoms with Gasteiger partial charge in [0.05, 0.1) is 15.8 Å². The van der Waals surface area contributed by atoms with E-state index in [0.29, 0.717) is 5.13 Å². The summed E-state index contributed by atoms with van der Waals surface area (Å²) in [7, 11) is 0. The Kier molecular flexibility index (Phi) is 4.72. The van der Waals surface area contributed by atoms with Crippen LogP contribution in [0.2, 0.25) is 0 Å². The number of fused-ring (bicyclic) bond motifs is 1. The van der Waals surface area contributed by atoms with Gasteiger partial charge >= 0.3 is 6.18 Å². The summed E-state index contributed by atoms with van der Waals surface area (Å²) in [4.78, 5) is 16.7. The molecule has 9 heteroatoms. The fourth-order valence-corrected chi connectivity index (χ4v) is 3.99. The maximum Gasteiger partial charge on any atom is 0.416 e. The number of nitrogens with zero attached hydrogens (tertiary/aromatic N) is 1. The van der Waals surface area contributed by atoms with Crippen molar-refractivity contribution in [3.63, 3.8) is 0 Å². The summed E-state index contributed by atoms with van der Waals surface area (Å²) in [6, 6.07) is 13.2. The van der Waals surface area contributed by atoms with Crippen LogP contribution in [-0.4, -0.2) is 10.9 Å². The van der Waals surface area contributed by atoms with Gasteiger partial charge in [0.2, 0.25) is 0 Å². The smallest absolute Gasteiger partial charge is 0.416 e. The fourth-order valence-electron chi connectivity index (χ4n) is 2.57. The minimum Gasteiger partial charge on any atom is -0.451 e. The number of alkyl halides is 3. The van der Waals surface area contributed by atoms with Crippen molar-refractivity contribution >= 4 is 48.5 Å². The first-order valence-corrected chi connectivity index (χ1v) is 9.55. The van der Waals surface area contributed by atoms with E-state index in [0.717, 1.165) is 26.8 Å². The van der Waals surface area contributed by atoms with Crippen molar-refractivity contribution in [2.75, 3.05) is 5.32 Å². The first-order chi connectivity index (χ1) is 13.3. The maximum atomic E-state index is 12.9. The Morgan fingerprint density at radius 2 is 1.93 bits per heavy atom. The number of furan rings is 1. The number of hydrogen-bond acceptors (Lipinski definition) is 4. The third-order valence-electron chi connectivity index (χ3n) is 3.88. The predicted molar refractivity (Wildman–Crippen MR) is 104 cm³/mol. The first-order valence-electron chi connectivity index (χ1n) is 7.94. The molecule has 0 bridgehead atoms. The van der Waals surface area contributed by atoms with Gasteiger partial charge in [0.15, 0.2) is 10.9 Å². The SMILES string of the molecule is O=C(Nc1nc2ccc(Br)cc2s1)c1ccc(-c2cccc(C(F)(F)F)c2)o1. The molecule has 2 aromatic carbocycles. The van der Waals surface area contributed by atoms with Crippen LogP contribution in [0, 0.1) is 0 Å². The Labute approximate surface area is 169 Å². The van der Waals surface area contributed by atoms with E-state index < -0.39 is 17.6 Å². The molecule has 0 fully saturated rings. The molecule has 1 amide bonds. The molecule has 0 saturated carbocycles. The molecule has 4 rings (SSSR count). The van der Waals surface area contributed by atoms with E-state index in [1.54, 1.807) is 0 Å². The van der Waals surface area contributed by atoms with Gasteiger partial charge in [0.25, 0.3) is 5.91 Å². The van der Waals surface area contributed by atoms with Crippen LogP contribution in [0.1, 0.15) is 16.1 Å². The second-order valence-electron chi connectivity index (χ2n) is 5.83. The van der Waals surface area contributed by atoms with E-state index in [4.69, 9.17) is 4.42 Å². The number of nitrogens with one attached hydrogen (secondary N) is 1. The van der Waals surface area contributed by atoms with Gasteiger partial charge in [-0.1, -0.05) is 39.4 Å². The lowest BCUT2D eigenvalue weighted by Gasteiger charge is -2.07. The van der Waals surface area contributed by atoms with E-state index in [2.05, 4.69) is 26.2 Å². The fraction of sp³-hybridized carbons (Fsp3) is 0.0526. The number of carbonyl (C=O) groups is 1. The highest BCUT2D eigenvalue weighted by Crippen LogP contribution is 2.33. The quantitative estimate of drug-likeness (QED) is 0.370. The number of halogens is 4. The van der Waals surface area contributed by atoms with Crippen molar-refractivity contribution in [1.29, 1.82) is 0 Å². The number of anilines is 1. The Morgan fingerprint density at radius 1 is 1.11 bits per heavy atom. The van der Waals surface area contributed by atoms with Crippen LogP contribution in [0.3, 0.4) is 0 Å². The zero-order chi connectivity index (χ0) is 19.9. The molecule has 0 spiro atoms. The van der Waals surface area contributed by atoms with Gasteiger partial charge in [-0.25, -0.2) is 4.98 Å². The van der Waals surface area contributed by atoms with Gasteiger partial charge in [0, 0.05) is 10.0 Å². The van der Waals surface area contributed by atoms with Crippen molar-refractivity contribution < 1.29 is 22.4 Å². The van der Waals surface area contributed by atoms with E-state index in [1.165, 1.54) is 35.6 Å². The summed E-state index contributed by atoms with van der Waals surface area (Å²) in [5.41, 5.74) is 0.194. The Bertz CT molecular complexity index is 1180. The zero-order valence-corrected chi connectivity index (χ0v) is 16.3. The molecule has 0 saturated heterocycles. The van der Waals surface area contributed by atoms with Crippen molar-refractivity contribution in [2.45, 2.75) is 6.18 Å². The van der Waals surface area contributed by atoms with Crippen molar-refractivity contribution in [1.82, 2.24) is 4.98 Å². The second-order valence-corrected chi connectivity index (χ2v) is 7.77. The van der Waals surface area contributed by atoms with Crippen LogP contribution in [0.15, 0.2) is 63.5 Å². The molecule has 0 aliphatic rings. The Hall–Kier alpha value is -2.65. The van der Waals surface area contributed by atoms with Gasteiger partial charge < -0.3 is 4.42 Å². The molecular formula is C19H10BrF3N2O2S. The van der Waals surface area contributed by atoms with Gasteiger partial charge in [-0.2, -0.15) is 13.2 Å². The van der Waals surface area contributed by atoms with E-state index in [1.807, 2.05) is 18.2 Å². The molecular weight excluding hydrogens is 457 g/mol. The summed E-state index contributed by atoms with van der Waals surface area (Å²) in [6.45, 7) is 0. The maximum absolute atomic E-state index is 12.9. The van der Waals surface area contributed by atoms with Crippen LogP contribution in [0.25, 0.3) is 21.5 Å². The average Bonchev–Trinajstić information content (AvgIpc) is 3.27. The number of rotatable bonds is 3. The molecule has 2 heterocycles. The van der Waals surface area contributed by atoms with Crippen LogP contribution in [0.5, 0.6) is 0 Å². The summed E-state index contributed by atoms with van der Waals surface area (Å²) < 4.78 is 45.9. The molecule has 142 valence electrons. The average molecular weight is 467 g/mol. The molecule has 4 aromatic rings. The Morgan fingerprint density at radius 3 is 2.71 bits per heavy atom. The predicted octanol–water partition coefficient (Wildman–Crippen LogP) is 6.59.